The summed E-state index contributed by atoms with van der Waals surface area (Å²) < 4.78 is 4.61. The van der Waals surface area contributed by atoms with Crippen molar-refractivity contribution in [3.63, 3.8) is 0 Å². The number of carbonyl (C=O) groups excluding carboxylic acids is 2. The minimum absolute atomic E-state index is 0.0397. The number of hydrogen-bond acceptors (Lipinski definition) is 6. The fourth-order valence-electron chi connectivity index (χ4n) is 1.34. The molecular weight excluding hydrogens is 236 g/mol. The van der Waals surface area contributed by atoms with Crippen molar-refractivity contribution in [3.8, 4) is 0 Å². The Morgan fingerprint density at radius 2 is 2.06 bits per heavy atom. The molecule has 0 aliphatic carbocycles. The molecule has 98 valence electrons. The van der Waals surface area contributed by atoms with Crippen LogP contribution in [0.25, 0.3) is 0 Å². The number of rotatable bonds is 5. The first-order chi connectivity index (χ1) is 8.45. The summed E-state index contributed by atoms with van der Waals surface area (Å²) in [5, 5.41) is 7.57. The quantitative estimate of drug-likeness (QED) is 0.738. The highest BCUT2D eigenvalue weighted by Gasteiger charge is 2.17. The molecule has 0 atom stereocenters. The fourth-order valence-corrected chi connectivity index (χ4v) is 1.34. The molecule has 0 fully saturated rings. The second-order valence-electron chi connectivity index (χ2n) is 3.94. The molecular formula is C11H16N4O3. The molecule has 0 saturated heterocycles. The third-order valence-electron chi connectivity index (χ3n) is 2.35. The number of methoxy groups -OCH3 is 1. The summed E-state index contributed by atoms with van der Waals surface area (Å²) in [6.07, 6.45) is 0. The van der Waals surface area contributed by atoms with E-state index >= 15 is 0 Å². The van der Waals surface area contributed by atoms with Gasteiger partial charge < -0.3 is 15.4 Å². The molecule has 18 heavy (non-hydrogen) atoms. The molecule has 1 aromatic rings. The molecule has 7 nitrogen and oxygen atoms in total. The molecule has 7 heteroatoms. The van der Waals surface area contributed by atoms with Crippen molar-refractivity contribution in [3.05, 3.63) is 17.8 Å². The molecule has 1 amide bonds. The number of anilines is 1. The van der Waals surface area contributed by atoms with Gasteiger partial charge in [0.25, 0.3) is 5.91 Å². The van der Waals surface area contributed by atoms with E-state index in [1.807, 2.05) is 13.8 Å². The number of amides is 1. The zero-order valence-electron chi connectivity index (χ0n) is 10.6. The van der Waals surface area contributed by atoms with Crippen molar-refractivity contribution in [1.82, 2.24) is 10.2 Å². The van der Waals surface area contributed by atoms with Gasteiger partial charge in [-0.15, -0.1) is 10.2 Å². The average Bonchev–Trinajstić information content (AvgIpc) is 2.35. The van der Waals surface area contributed by atoms with Gasteiger partial charge in [0.05, 0.1) is 7.11 Å². The number of aromatic nitrogens is 2. The SMILES string of the molecule is COC(=O)CN(c1ccc(C(N)=O)nn1)C(C)C. The van der Waals surface area contributed by atoms with E-state index in [2.05, 4.69) is 14.9 Å². The van der Waals surface area contributed by atoms with E-state index in [4.69, 9.17) is 5.73 Å². The lowest BCUT2D eigenvalue weighted by atomic mass is 10.3. The van der Waals surface area contributed by atoms with E-state index in [0.29, 0.717) is 5.82 Å². The van der Waals surface area contributed by atoms with Gasteiger partial charge in [-0.25, -0.2) is 0 Å². The lowest BCUT2D eigenvalue weighted by molar-refractivity contribution is -0.139. The van der Waals surface area contributed by atoms with Crippen LogP contribution in [0.1, 0.15) is 24.3 Å². The highest BCUT2D eigenvalue weighted by atomic mass is 16.5. The van der Waals surface area contributed by atoms with Crippen molar-refractivity contribution in [2.24, 2.45) is 5.73 Å². The third kappa shape index (κ3) is 3.41. The van der Waals surface area contributed by atoms with Crippen LogP contribution in [0.3, 0.4) is 0 Å². The molecule has 1 aromatic heterocycles. The Bertz CT molecular complexity index is 430. The zero-order chi connectivity index (χ0) is 13.7. The van der Waals surface area contributed by atoms with Gasteiger partial charge in [-0.2, -0.15) is 0 Å². The molecule has 2 N–H and O–H groups in total. The van der Waals surface area contributed by atoms with Crippen LogP contribution in [-0.2, 0) is 9.53 Å². The van der Waals surface area contributed by atoms with Crippen molar-refractivity contribution in [1.29, 1.82) is 0 Å². The van der Waals surface area contributed by atoms with Gasteiger partial charge >= 0.3 is 5.97 Å². The van der Waals surface area contributed by atoms with E-state index < -0.39 is 5.91 Å². The van der Waals surface area contributed by atoms with Crippen LogP contribution in [0.4, 0.5) is 5.82 Å². The van der Waals surface area contributed by atoms with E-state index in [0.717, 1.165) is 0 Å². The van der Waals surface area contributed by atoms with Crippen LogP contribution in [-0.4, -0.2) is 41.8 Å². The number of nitrogens with two attached hydrogens (primary N) is 1. The molecule has 0 aliphatic heterocycles. The van der Waals surface area contributed by atoms with E-state index in [9.17, 15) is 9.59 Å². The van der Waals surface area contributed by atoms with Crippen LogP contribution >= 0.6 is 0 Å². The standard InChI is InChI=1S/C11H16N4O3/c1-7(2)15(6-10(16)18-3)9-5-4-8(11(12)17)13-14-9/h4-5,7H,6H2,1-3H3,(H2,12,17). The predicted octanol–water partition coefficient (Wildman–Crippen LogP) is -0.0367. The van der Waals surface area contributed by atoms with Crippen LogP contribution < -0.4 is 10.6 Å². The highest BCUT2D eigenvalue weighted by Crippen LogP contribution is 2.13. The predicted molar refractivity (Wildman–Crippen MR) is 65.0 cm³/mol. The van der Waals surface area contributed by atoms with Crippen molar-refractivity contribution in [2.75, 3.05) is 18.6 Å². The second-order valence-corrected chi connectivity index (χ2v) is 3.94. The molecule has 0 unspecified atom stereocenters. The maximum atomic E-state index is 11.3. The molecule has 0 aromatic carbocycles. The second kappa shape index (κ2) is 5.95. The normalized spacial score (nSPS) is 10.2. The third-order valence-corrected chi connectivity index (χ3v) is 2.35. The van der Waals surface area contributed by atoms with Crippen LogP contribution in [0.15, 0.2) is 12.1 Å². The van der Waals surface area contributed by atoms with Gasteiger partial charge in [-0.05, 0) is 26.0 Å². The number of primary amides is 1. The van der Waals surface area contributed by atoms with Gasteiger partial charge in [0.2, 0.25) is 0 Å². The summed E-state index contributed by atoms with van der Waals surface area (Å²) >= 11 is 0. The molecule has 1 heterocycles. The monoisotopic (exact) mass is 252 g/mol. The van der Waals surface area contributed by atoms with Gasteiger partial charge in [0.1, 0.15) is 6.54 Å². The Labute approximate surface area is 105 Å². The number of hydrogen-bond donors (Lipinski definition) is 1. The van der Waals surface area contributed by atoms with E-state index in [1.165, 1.54) is 13.2 Å². The van der Waals surface area contributed by atoms with Gasteiger partial charge in [-0.1, -0.05) is 0 Å². The largest absolute Gasteiger partial charge is 0.468 e. The molecule has 0 aliphatic rings. The van der Waals surface area contributed by atoms with Gasteiger partial charge in [0.15, 0.2) is 11.5 Å². The topological polar surface area (TPSA) is 98.4 Å². The van der Waals surface area contributed by atoms with Crippen LogP contribution in [0, 0.1) is 0 Å². The number of esters is 1. The molecule has 0 radical (unpaired) electrons. The molecule has 0 spiro atoms. The summed E-state index contributed by atoms with van der Waals surface area (Å²) in [4.78, 5) is 23.9. The summed E-state index contributed by atoms with van der Waals surface area (Å²) in [5.41, 5.74) is 5.16. The van der Waals surface area contributed by atoms with Crippen molar-refractivity contribution >= 4 is 17.7 Å². The van der Waals surface area contributed by atoms with Crippen LogP contribution in [0.2, 0.25) is 0 Å². The Hall–Kier alpha value is -2.18. The van der Waals surface area contributed by atoms with Crippen molar-refractivity contribution < 1.29 is 14.3 Å². The first-order valence-electron chi connectivity index (χ1n) is 5.42. The maximum Gasteiger partial charge on any atom is 0.325 e. The molecule has 0 bridgehead atoms. The Morgan fingerprint density at radius 3 is 2.44 bits per heavy atom. The van der Waals surface area contributed by atoms with E-state index in [1.54, 1.807) is 11.0 Å². The zero-order valence-corrected chi connectivity index (χ0v) is 10.6. The number of carbonyl (C=O) groups is 2. The van der Waals surface area contributed by atoms with Gasteiger partial charge in [0, 0.05) is 6.04 Å². The Morgan fingerprint density at radius 1 is 1.39 bits per heavy atom. The first kappa shape index (κ1) is 13.9. The maximum absolute atomic E-state index is 11.3. The first-order valence-corrected chi connectivity index (χ1v) is 5.42. The summed E-state index contributed by atoms with van der Waals surface area (Å²) in [6.45, 7) is 3.89. The Balaban J connectivity index is 2.92. The summed E-state index contributed by atoms with van der Waals surface area (Å²) in [6, 6.07) is 3.10. The van der Waals surface area contributed by atoms with Crippen LogP contribution in [0.5, 0.6) is 0 Å². The number of nitrogens with zero attached hydrogens (tertiary/aromatic N) is 3. The van der Waals surface area contributed by atoms with Gasteiger partial charge in [-0.3, -0.25) is 9.59 Å². The van der Waals surface area contributed by atoms with Crippen molar-refractivity contribution in [2.45, 2.75) is 19.9 Å². The Kier molecular flexibility index (Phi) is 4.59. The minimum Gasteiger partial charge on any atom is -0.468 e. The molecule has 0 saturated carbocycles. The molecule has 1 rings (SSSR count). The average molecular weight is 252 g/mol. The minimum atomic E-state index is -0.641. The van der Waals surface area contributed by atoms with E-state index in [-0.39, 0.29) is 24.2 Å². The summed E-state index contributed by atoms with van der Waals surface area (Å²) in [5.74, 6) is -0.525. The lowest BCUT2D eigenvalue weighted by Crippen LogP contribution is -2.37. The smallest absolute Gasteiger partial charge is 0.325 e. The fraction of sp³-hybridized carbons (Fsp3) is 0.455. The highest BCUT2D eigenvalue weighted by molar-refractivity contribution is 5.90. The lowest BCUT2D eigenvalue weighted by Gasteiger charge is -2.25. The summed E-state index contributed by atoms with van der Waals surface area (Å²) in [7, 11) is 1.32. The number of ether oxygens (including phenoxy) is 1.